The Hall–Kier alpha value is -2.46. The van der Waals surface area contributed by atoms with Crippen LogP contribution in [0.3, 0.4) is 0 Å². The number of nitrogens with one attached hydrogen (secondary N) is 1. The van der Waals surface area contributed by atoms with E-state index in [-0.39, 0.29) is 11.2 Å². The number of rotatable bonds is 6. The predicted octanol–water partition coefficient (Wildman–Crippen LogP) is 2.72. The van der Waals surface area contributed by atoms with E-state index < -0.39 is 0 Å². The third-order valence-corrected chi connectivity index (χ3v) is 4.93. The van der Waals surface area contributed by atoms with Gasteiger partial charge in [-0.15, -0.1) is 16.4 Å². The number of thiophene rings is 1. The molecule has 0 bridgehead atoms. The molecule has 0 aromatic carbocycles. The van der Waals surface area contributed by atoms with Crippen LogP contribution in [0.15, 0.2) is 22.7 Å². The Morgan fingerprint density at radius 1 is 1.24 bits per heavy atom. The van der Waals surface area contributed by atoms with E-state index >= 15 is 0 Å². The number of anilines is 2. The summed E-state index contributed by atoms with van der Waals surface area (Å²) in [6.07, 6.45) is 3.90. The summed E-state index contributed by atoms with van der Waals surface area (Å²) < 4.78 is 0. The molecule has 0 radical (unpaired) electrons. The predicted molar refractivity (Wildman–Crippen MR) is 102 cm³/mol. The van der Waals surface area contributed by atoms with E-state index in [1.54, 1.807) is 16.2 Å². The fraction of sp³-hybridized carbons (Fsp3) is 0.267. The Bertz CT molecular complexity index is 856. The largest absolute Gasteiger partial charge is 0.368 e. The summed E-state index contributed by atoms with van der Waals surface area (Å²) in [4.78, 5) is 20.2. The fourth-order valence-electron chi connectivity index (χ4n) is 1.92. The number of hydrogen-bond donors (Lipinski definition) is 2. The van der Waals surface area contributed by atoms with Crippen LogP contribution in [0.2, 0.25) is 0 Å². The van der Waals surface area contributed by atoms with E-state index in [0.29, 0.717) is 22.8 Å². The zero-order valence-corrected chi connectivity index (χ0v) is 15.7. The standard InChI is InChI=1S/C15H18N8S2/c1-9(12-18-13(16)20-14(19-12)23(2)3)25-15-17-11(21-22-15)7-6-10-5-4-8-24-10/h4-9H,1-3H3,(H,17,21,22)(H2,16,18,19,20). The molecule has 0 fully saturated rings. The normalized spacial score (nSPS) is 12.6. The number of aromatic nitrogens is 6. The number of nitrogens with zero attached hydrogens (tertiary/aromatic N) is 6. The highest BCUT2D eigenvalue weighted by molar-refractivity contribution is 7.99. The van der Waals surface area contributed by atoms with Crippen LogP contribution < -0.4 is 10.6 Å². The number of aromatic amines is 1. The molecule has 0 amide bonds. The summed E-state index contributed by atoms with van der Waals surface area (Å²) in [7, 11) is 3.72. The van der Waals surface area contributed by atoms with Gasteiger partial charge in [0.2, 0.25) is 17.1 Å². The van der Waals surface area contributed by atoms with Crippen LogP contribution in [0.25, 0.3) is 12.2 Å². The zero-order chi connectivity index (χ0) is 17.8. The molecule has 3 rings (SSSR count). The fourth-order valence-corrected chi connectivity index (χ4v) is 3.32. The molecular weight excluding hydrogens is 356 g/mol. The lowest BCUT2D eigenvalue weighted by Crippen LogP contribution is -2.16. The number of H-pyrrole nitrogens is 1. The number of nitrogens with two attached hydrogens (primary N) is 1. The molecule has 0 saturated carbocycles. The maximum absolute atomic E-state index is 5.77. The van der Waals surface area contributed by atoms with Crippen LogP contribution in [-0.4, -0.2) is 44.2 Å². The highest BCUT2D eigenvalue weighted by Crippen LogP contribution is 2.31. The molecule has 0 aliphatic rings. The van der Waals surface area contributed by atoms with Crippen molar-refractivity contribution < 1.29 is 0 Å². The number of thioether (sulfide) groups is 1. The minimum absolute atomic E-state index is 0.0612. The average Bonchev–Trinajstić information content (AvgIpc) is 3.23. The highest BCUT2D eigenvalue weighted by Gasteiger charge is 2.16. The van der Waals surface area contributed by atoms with Gasteiger partial charge >= 0.3 is 0 Å². The molecule has 0 aliphatic heterocycles. The zero-order valence-electron chi connectivity index (χ0n) is 14.0. The summed E-state index contributed by atoms with van der Waals surface area (Å²) in [5, 5.41) is 9.74. The van der Waals surface area contributed by atoms with E-state index in [1.165, 1.54) is 11.8 Å². The van der Waals surface area contributed by atoms with Gasteiger partial charge in [-0.3, -0.25) is 5.10 Å². The van der Waals surface area contributed by atoms with E-state index in [1.807, 2.05) is 50.7 Å². The second-order valence-electron chi connectivity index (χ2n) is 5.36. The summed E-state index contributed by atoms with van der Waals surface area (Å²) in [5.41, 5.74) is 5.77. The summed E-state index contributed by atoms with van der Waals surface area (Å²) in [5.74, 6) is 2.04. The second-order valence-corrected chi connectivity index (χ2v) is 7.65. The molecule has 3 aromatic heterocycles. The highest BCUT2D eigenvalue weighted by atomic mass is 32.2. The first kappa shape index (κ1) is 17.4. The molecule has 3 aromatic rings. The Balaban J connectivity index is 1.70. The Kier molecular flexibility index (Phi) is 5.29. The van der Waals surface area contributed by atoms with Gasteiger partial charge in [0.05, 0.1) is 5.25 Å². The molecular formula is C15H18N8S2. The van der Waals surface area contributed by atoms with Crippen molar-refractivity contribution >= 4 is 47.1 Å². The van der Waals surface area contributed by atoms with Gasteiger partial charge in [0, 0.05) is 19.0 Å². The average molecular weight is 374 g/mol. The summed E-state index contributed by atoms with van der Waals surface area (Å²) in [6.45, 7) is 1.98. The lowest BCUT2D eigenvalue weighted by Gasteiger charge is -2.13. The minimum Gasteiger partial charge on any atom is -0.368 e. The molecule has 10 heteroatoms. The molecule has 3 heterocycles. The molecule has 130 valence electrons. The third kappa shape index (κ3) is 4.54. The van der Waals surface area contributed by atoms with Crippen LogP contribution >= 0.6 is 23.1 Å². The minimum atomic E-state index is -0.0612. The van der Waals surface area contributed by atoms with Gasteiger partial charge in [-0.05, 0) is 30.5 Å². The van der Waals surface area contributed by atoms with Crippen LogP contribution in [0.5, 0.6) is 0 Å². The first-order valence-electron chi connectivity index (χ1n) is 7.50. The van der Waals surface area contributed by atoms with Gasteiger partial charge in [-0.25, -0.2) is 4.98 Å². The molecule has 25 heavy (non-hydrogen) atoms. The number of nitrogen functional groups attached to an aromatic ring is 1. The summed E-state index contributed by atoms with van der Waals surface area (Å²) >= 11 is 3.13. The van der Waals surface area contributed by atoms with E-state index in [2.05, 4.69) is 30.1 Å². The van der Waals surface area contributed by atoms with Gasteiger partial charge < -0.3 is 10.6 Å². The monoisotopic (exact) mass is 374 g/mol. The van der Waals surface area contributed by atoms with Crippen molar-refractivity contribution in [3.63, 3.8) is 0 Å². The van der Waals surface area contributed by atoms with Gasteiger partial charge in [-0.2, -0.15) is 15.0 Å². The van der Waals surface area contributed by atoms with Crippen molar-refractivity contribution in [2.24, 2.45) is 0 Å². The Labute approximate surface area is 153 Å². The lowest BCUT2D eigenvalue weighted by molar-refractivity contribution is 0.858. The van der Waals surface area contributed by atoms with E-state index in [4.69, 9.17) is 5.73 Å². The van der Waals surface area contributed by atoms with Crippen molar-refractivity contribution in [2.75, 3.05) is 24.7 Å². The Morgan fingerprint density at radius 3 is 2.80 bits per heavy atom. The number of hydrogen-bond acceptors (Lipinski definition) is 9. The van der Waals surface area contributed by atoms with Crippen molar-refractivity contribution in [2.45, 2.75) is 17.3 Å². The van der Waals surface area contributed by atoms with Crippen molar-refractivity contribution in [3.8, 4) is 0 Å². The first-order chi connectivity index (χ1) is 12.0. The second kappa shape index (κ2) is 7.62. The summed E-state index contributed by atoms with van der Waals surface area (Å²) in [6, 6.07) is 4.05. The topological polar surface area (TPSA) is 110 Å². The van der Waals surface area contributed by atoms with Crippen molar-refractivity contribution in [1.29, 1.82) is 0 Å². The van der Waals surface area contributed by atoms with E-state index in [0.717, 1.165) is 4.88 Å². The van der Waals surface area contributed by atoms with Gasteiger partial charge in [-0.1, -0.05) is 17.8 Å². The molecule has 0 spiro atoms. The molecule has 0 aliphatic carbocycles. The van der Waals surface area contributed by atoms with Crippen LogP contribution in [0, 0.1) is 0 Å². The van der Waals surface area contributed by atoms with Gasteiger partial charge in [0.1, 0.15) is 11.6 Å². The van der Waals surface area contributed by atoms with Crippen LogP contribution in [0.1, 0.15) is 28.7 Å². The molecule has 1 atom stereocenters. The van der Waals surface area contributed by atoms with Crippen LogP contribution in [-0.2, 0) is 0 Å². The van der Waals surface area contributed by atoms with E-state index in [9.17, 15) is 0 Å². The maximum Gasteiger partial charge on any atom is 0.229 e. The Morgan fingerprint density at radius 2 is 2.08 bits per heavy atom. The molecule has 8 nitrogen and oxygen atoms in total. The quantitative estimate of drug-likeness (QED) is 0.634. The van der Waals surface area contributed by atoms with Crippen LogP contribution in [0.4, 0.5) is 11.9 Å². The molecule has 0 saturated heterocycles. The third-order valence-electron chi connectivity index (χ3n) is 3.13. The molecule has 3 N–H and O–H groups in total. The maximum atomic E-state index is 5.77. The van der Waals surface area contributed by atoms with Gasteiger partial charge in [0.15, 0.2) is 0 Å². The first-order valence-corrected chi connectivity index (χ1v) is 9.26. The van der Waals surface area contributed by atoms with Crippen molar-refractivity contribution in [1.82, 2.24) is 30.1 Å². The van der Waals surface area contributed by atoms with Crippen molar-refractivity contribution in [3.05, 3.63) is 34.0 Å². The lowest BCUT2D eigenvalue weighted by atomic mass is 10.4. The van der Waals surface area contributed by atoms with Gasteiger partial charge in [0.25, 0.3) is 0 Å². The SMILES string of the molecule is CC(Sc1n[nH]c(C=Cc2cccs2)n1)c1nc(N)nc(N(C)C)n1. The molecule has 1 unspecified atom stereocenters. The smallest absolute Gasteiger partial charge is 0.229 e.